The minimum absolute atomic E-state index is 0.0376. The molecule has 3 aromatic heterocycles. The molecule has 0 radical (unpaired) electrons. The number of unbranched alkanes of at least 4 members (excludes halogenated alkanes) is 1. The van der Waals surface area contributed by atoms with Crippen LogP contribution in [0.3, 0.4) is 0 Å². The van der Waals surface area contributed by atoms with Gasteiger partial charge in [-0.15, -0.1) is 0 Å². The molecule has 1 aliphatic rings. The standard InChI is InChI=1S/C23H30N4O2/c1-4-5-12-27-22-21(16(3)26-27)19(14-20(25-22)17-9-10-17)23(28)24-15(2)8-11-18-7-6-13-29-18/h6-7,13-15,17H,4-5,8-12H2,1-3H3,(H,24,28). The zero-order valence-electron chi connectivity index (χ0n) is 17.6. The van der Waals surface area contributed by atoms with Gasteiger partial charge >= 0.3 is 0 Å². The van der Waals surface area contributed by atoms with Gasteiger partial charge in [0, 0.05) is 30.6 Å². The van der Waals surface area contributed by atoms with Crippen LogP contribution in [0.5, 0.6) is 0 Å². The lowest BCUT2D eigenvalue weighted by molar-refractivity contribution is 0.0939. The van der Waals surface area contributed by atoms with E-state index in [0.717, 1.165) is 73.3 Å². The van der Waals surface area contributed by atoms with Crippen molar-refractivity contribution in [3.63, 3.8) is 0 Å². The Labute approximate surface area is 171 Å². The minimum Gasteiger partial charge on any atom is -0.469 e. The van der Waals surface area contributed by atoms with Gasteiger partial charge in [-0.25, -0.2) is 9.67 Å². The Morgan fingerprint density at radius 1 is 1.41 bits per heavy atom. The number of carbonyl (C=O) groups excluding carboxylic acids is 1. The molecule has 1 fully saturated rings. The first-order chi connectivity index (χ1) is 14.1. The largest absolute Gasteiger partial charge is 0.469 e. The molecule has 4 rings (SSSR count). The Morgan fingerprint density at radius 2 is 2.24 bits per heavy atom. The molecule has 3 heterocycles. The van der Waals surface area contributed by atoms with Crippen LogP contribution in [0.15, 0.2) is 28.9 Å². The maximum Gasteiger partial charge on any atom is 0.252 e. The first-order valence-corrected chi connectivity index (χ1v) is 10.8. The molecule has 154 valence electrons. The van der Waals surface area contributed by atoms with Crippen molar-refractivity contribution in [1.29, 1.82) is 0 Å². The summed E-state index contributed by atoms with van der Waals surface area (Å²) in [6.45, 7) is 7.02. The smallest absolute Gasteiger partial charge is 0.252 e. The zero-order chi connectivity index (χ0) is 20.4. The predicted octanol–water partition coefficient (Wildman–Crippen LogP) is 4.76. The number of rotatable bonds is 9. The van der Waals surface area contributed by atoms with Crippen LogP contribution in [0.2, 0.25) is 0 Å². The van der Waals surface area contributed by atoms with Crippen molar-refractivity contribution in [2.75, 3.05) is 0 Å². The lowest BCUT2D eigenvalue weighted by Gasteiger charge is -2.15. The minimum atomic E-state index is -0.0376. The molecule has 1 unspecified atom stereocenters. The normalized spacial score (nSPS) is 15.0. The summed E-state index contributed by atoms with van der Waals surface area (Å²) in [5.74, 6) is 1.39. The van der Waals surface area contributed by atoms with Crippen molar-refractivity contribution in [2.24, 2.45) is 0 Å². The molecule has 0 aromatic carbocycles. The highest BCUT2D eigenvalue weighted by molar-refractivity contribution is 6.06. The molecule has 1 aliphatic carbocycles. The van der Waals surface area contributed by atoms with Crippen LogP contribution in [0.4, 0.5) is 0 Å². The van der Waals surface area contributed by atoms with Crippen LogP contribution >= 0.6 is 0 Å². The van der Waals surface area contributed by atoms with Gasteiger partial charge < -0.3 is 9.73 Å². The average molecular weight is 395 g/mol. The Balaban J connectivity index is 1.59. The average Bonchev–Trinajstić information content (AvgIpc) is 3.34. The van der Waals surface area contributed by atoms with E-state index < -0.39 is 0 Å². The molecular weight excluding hydrogens is 364 g/mol. The second-order valence-electron chi connectivity index (χ2n) is 8.22. The van der Waals surface area contributed by atoms with Crippen molar-refractivity contribution in [2.45, 2.75) is 77.8 Å². The van der Waals surface area contributed by atoms with E-state index in [1.54, 1.807) is 6.26 Å². The van der Waals surface area contributed by atoms with Crippen molar-refractivity contribution >= 4 is 16.9 Å². The Hall–Kier alpha value is -2.63. The molecule has 3 aromatic rings. The first kappa shape index (κ1) is 19.7. The molecule has 0 spiro atoms. The number of nitrogens with one attached hydrogen (secondary N) is 1. The number of hydrogen-bond donors (Lipinski definition) is 1. The number of hydrogen-bond acceptors (Lipinski definition) is 4. The SMILES string of the molecule is CCCCn1nc(C)c2c(C(=O)NC(C)CCc3ccco3)cc(C3CC3)nc21. The summed E-state index contributed by atoms with van der Waals surface area (Å²) in [5, 5.41) is 8.76. The number of aryl methyl sites for hydroxylation is 3. The lowest BCUT2D eigenvalue weighted by atomic mass is 10.1. The maximum absolute atomic E-state index is 13.2. The fraction of sp³-hybridized carbons (Fsp3) is 0.522. The highest BCUT2D eigenvalue weighted by Crippen LogP contribution is 2.40. The van der Waals surface area contributed by atoms with Gasteiger partial charge in [0.2, 0.25) is 0 Å². The Kier molecular flexibility index (Phi) is 5.69. The van der Waals surface area contributed by atoms with Crippen molar-refractivity contribution < 1.29 is 9.21 Å². The van der Waals surface area contributed by atoms with E-state index in [2.05, 4.69) is 12.2 Å². The summed E-state index contributed by atoms with van der Waals surface area (Å²) in [6, 6.07) is 5.91. The molecule has 6 heteroatoms. The van der Waals surface area contributed by atoms with E-state index in [1.807, 2.05) is 36.7 Å². The number of aromatic nitrogens is 3. The molecule has 0 saturated heterocycles. The molecule has 1 saturated carbocycles. The number of carbonyl (C=O) groups is 1. The van der Waals surface area contributed by atoms with E-state index in [9.17, 15) is 4.79 Å². The summed E-state index contributed by atoms with van der Waals surface area (Å²) >= 11 is 0. The topological polar surface area (TPSA) is 73.0 Å². The van der Waals surface area contributed by atoms with Gasteiger partial charge in [-0.2, -0.15) is 5.10 Å². The maximum atomic E-state index is 13.2. The van der Waals surface area contributed by atoms with Crippen LogP contribution in [0.25, 0.3) is 11.0 Å². The fourth-order valence-corrected chi connectivity index (χ4v) is 3.79. The summed E-state index contributed by atoms with van der Waals surface area (Å²) < 4.78 is 7.38. The Morgan fingerprint density at radius 3 is 2.93 bits per heavy atom. The van der Waals surface area contributed by atoms with Gasteiger partial charge in [-0.3, -0.25) is 4.79 Å². The second-order valence-corrected chi connectivity index (χ2v) is 8.22. The van der Waals surface area contributed by atoms with E-state index >= 15 is 0 Å². The van der Waals surface area contributed by atoms with Crippen molar-refractivity contribution in [3.8, 4) is 0 Å². The lowest BCUT2D eigenvalue weighted by Crippen LogP contribution is -2.33. The van der Waals surface area contributed by atoms with E-state index in [0.29, 0.717) is 11.5 Å². The second kappa shape index (κ2) is 8.39. The van der Waals surface area contributed by atoms with E-state index in [4.69, 9.17) is 14.5 Å². The van der Waals surface area contributed by atoms with Crippen LogP contribution in [-0.2, 0) is 13.0 Å². The van der Waals surface area contributed by atoms with Crippen LogP contribution < -0.4 is 5.32 Å². The van der Waals surface area contributed by atoms with Gasteiger partial charge in [0.15, 0.2) is 5.65 Å². The summed E-state index contributed by atoms with van der Waals surface area (Å²) in [4.78, 5) is 18.1. The Bertz CT molecular complexity index is 986. The van der Waals surface area contributed by atoms with Crippen LogP contribution in [0.1, 0.15) is 79.4 Å². The van der Waals surface area contributed by atoms with Crippen LogP contribution in [0, 0.1) is 6.92 Å². The number of furan rings is 1. The van der Waals surface area contributed by atoms with Gasteiger partial charge in [-0.1, -0.05) is 13.3 Å². The zero-order valence-corrected chi connectivity index (χ0v) is 17.6. The van der Waals surface area contributed by atoms with Gasteiger partial charge in [0.25, 0.3) is 5.91 Å². The third-order valence-electron chi connectivity index (χ3n) is 5.64. The fourth-order valence-electron chi connectivity index (χ4n) is 3.79. The molecular formula is C23H30N4O2. The van der Waals surface area contributed by atoms with E-state index in [-0.39, 0.29) is 11.9 Å². The molecule has 6 nitrogen and oxygen atoms in total. The number of amides is 1. The summed E-state index contributed by atoms with van der Waals surface area (Å²) in [5.41, 5.74) is 3.47. The molecule has 0 bridgehead atoms. The molecule has 1 atom stereocenters. The quantitative estimate of drug-likeness (QED) is 0.568. The van der Waals surface area contributed by atoms with Crippen molar-refractivity contribution in [1.82, 2.24) is 20.1 Å². The molecule has 1 amide bonds. The van der Waals surface area contributed by atoms with Crippen LogP contribution in [-0.4, -0.2) is 26.7 Å². The molecule has 0 aliphatic heterocycles. The van der Waals surface area contributed by atoms with Gasteiger partial charge in [0.05, 0.1) is 22.9 Å². The number of pyridine rings is 1. The third kappa shape index (κ3) is 4.36. The first-order valence-electron chi connectivity index (χ1n) is 10.8. The number of nitrogens with zero attached hydrogens (tertiary/aromatic N) is 3. The van der Waals surface area contributed by atoms with Gasteiger partial charge in [-0.05, 0) is 57.7 Å². The highest BCUT2D eigenvalue weighted by atomic mass is 16.3. The predicted molar refractivity (Wildman–Crippen MR) is 113 cm³/mol. The summed E-state index contributed by atoms with van der Waals surface area (Å²) in [6.07, 6.45) is 7.78. The number of fused-ring (bicyclic) bond motifs is 1. The third-order valence-corrected chi connectivity index (χ3v) is 5.64. The molecule has 29 heavy (non-hydrogen) atoms. The van der Waals surface area contributed by atoms with Gasteiger partial charge in [0.1, 0.15) is 5.76 Å². The monoisotopic (exact) mass is 394 g/mol. The van der Waals surface area contributed by atoms with E-state index in [1.165, 1.54) is 0 Å². The molecule has 1 N–H and O–H groups in total. The summed E-state index contributed by atoms with van der Waals surface area (Å²) in [7, 11) is 0. The van der Waals surface area contributed by atoms with Crippen molar-refractivity contribution in [3.05, 3.63) is 47.2 Å². The highest BCUT2D eigenvalue weighted by Gasteiger charge is 2.29.